The van der Waals surface area contributed by atoms with Crippen LogP contribution in [-0.2, 0) is 13.0 Å². The molecule has 5 rings (SSSR count). The fourth-order valence-corrected chi connectivity index (χ4v) is 5.67. The molecule has 1 atom stereocenters. The van der Waals surface area contributed by atoms with Crippen molar-refractivity contribution in [2.45, 2.75) is 37.5 Å². The fraction of sp³-hybridized carbons (Fsp3) is 0.385. The quantitative estimate of drug-likeness (QED) is 0.429. The van der Waals surface area contributed by atoms with Gasteiger partial charge in [-0.2, -0.15) is 5.26 Å². The third-order valence-corrected chi connectivity index (χ3v) is 7.54. The number of thioether (sulfide) groups is 1. The molecular weight excluding hydrogens is 460 g/mol. The molecule has 1 aromatic heterocycles. The maximum Gasteiger partial charge on any atom is 0.407 e. The Hall–Kier alpha value is -3.51. The highest BCUT2D eigenvalue weighted by atomic mass is 32.2. The lowest BCUT2D eigenvalue weighted by Crippen LogP contribution is -2.55. The number of fused-ring (bicyclic) bond motifs is 2. The smallest absolute Gasteiger partial charge is 0.407 e. The summed E-state index contributed by atoms with van der Waals surface area (Å²) >= 11 is 1.51. The van der Waals surface area contributed by atoms with Gasteiger partial charge in [0, 0.05) is 42.8 Å². The summed E-state index contributed by atoms with van der Waals surface area (Å²) in [5.41, 5.74) is 4.64. The van der Waals surface area contributed by atoms with Gasteiger partial charge in [0.2, 0.25) is 0 Å². The normalized spacial score (nSPS) is 17.9. The maximum atomic E-state index is 11.7. The largest absolute Gasteiger partial charge is 0.465 e. The second-order valence-corrected chi connectivity index (χ2v) is 9.79. The molecule has 0 bridgehead atoms. The van der Waals surface area contributed by atoms with E-state index in [0.717, 1.165) is 30.0 Å². The first-order chi connectivity index (χ1) is 17.0. The molecule has 2 aliphatic rings. The fourth-order valence-electron chi connectivity index (χ4n) is 5.30. The first kappa shape index (κ1) is 23.2. The number of nitriles is 1. The van der Waals surface area contributed by atoms with Crippen LogP contribution in [0.25, 0.3) is 10.8 Å². The van der Waals surface area contributed by atoms with Gasteiger partial charge in [0.05, 0.1) is 30.8 Å². The molecule has 3 aromatic rings. The molecule has 3 heterocycles. The number of nitrogens with zero attached hydrogens (tertiary/aromatic N) is 6. The molecular formula is C26H28N6O2S. The van der Waals surface area contributed by atoms with Crippen molar-refractivity contribution in [3.63, 3.8) is 0 Å². The zero-order valence-electron chi connectivity index (χ0n) is 19.9. The molecule has 0 aliphatic carbocycles. The molecule has 1 amide bonds. The van der Waals surface area contributed by atoms with Crippen molar-refractivity contribution in [3.05, 3.63) is 53.2 Å². The monoisotopic (exact) mass is 488 g/mol. The van der Waals surface area contributed by atoms with Gasteiger partial charge in [0.1, 0.15) is 5.82 Å². The summed E-state index contributed by atoms with van der Waals surface area (Å²) < 4.78 is 0. The SMILES string of the molecule is CSc1nc2c(c(N3CCN(C(=O)O)[C@@H](CC#N)C3)n1)CCN(c1cccc3cccc(C)c13)C2. The number of hydrogen-bond donors (Lipinski definition) is 1. The summed E-state index contributed by atoms with van der Waals surface area (Å²) in [4.78, 5) is 27.4. The van der Waals surface area contributed by atoms with Crippen LogP contribution in [0.3, 0.4) is 0 Å². The number of carboxylic acid groups (broad SMARTS) is 1. The van der Waals surface area contributed by atoms with Gasteiger partial charge >= 0.3 is 6.09 Å². The van der Waals surface area contributed by atoms with Crippen molar-refractivity contribution in [3.8, 4) is 6.07 Å². The van der Waals surface area contributed by atoms with Crippen LogP contribution in [0.4, 0.5) is 16.3 Å². The summed E-state index contributed by atoms with van der Waals surface area (Å²) in [7, 11) is 0. The second kappa shape index (κ2) is 9.62. The minimum atomic E-state index is -0.972. The standard InChI is InChI=1S/C26H28N6O2S/c1-17-5-3-6-18-7-4-8-22(23(17)18)30-12-10-20-21(16-30)28-25(35-2)29-24(20)31-13-14-32(26(33)34)19(15-31)9-11-27/h3-8,19H,9-10,12-16H2,1-2H3,(H,33,34)/t19-/m0/s1. The van der Waals surface area contributed by atoms with Gasteiger partial charge in [0.15, 0.2) is 5.16 Å². The van der Waals surface area contributed by atoms with E-state index in [1.54, 1.807) is 0 Å². The molecule has 8 nitrogen and oxygen atoms in total. The zero-order valence-corrected chi connectivity index (χ0v) is 20.8. The van der Waals surface area contributed by atoms with E-state index in [1.165, 1.54) is 38.7 Å². The Balaban J connectivity index is 1.49. The number of piperazine rings is 1. The van der Waals surface area contributed by atoms with Crippen LogP contribution in [-0.4, -0.2) is 64.5 Å². The predicted octanol–water partition coefficient (Wildman–Crippen LogP) is 4.31. The molecule has 180 valence electrons. The van der Waals surface area contributed by atoms with Gasteiger partial charge < -0.3 is 19.8 Å². The highest BCUT2D eigenvalue weighted by molar-refractivity contribution is 7.98. The Morgan fingerprint density at radius 1 is 1.17 bits per heavy atom. The highest BCUT2D eigenvalue weighted by Crippen LogP contribution is 2.35. The van der Waals surface area contributed by atoms with Crippen LogP contribution in [0.2, 0.25) is 0 Å². The van der Waals surface area contributed by atoms with E-state index in [0.29, 0.717) is 31.3 Å². The molecule has 1 fully saturated rings. The number of amides is 1. The highest BCUT2D eigenvalue weighted by Gasteiger charge is 2.33. The van der Waals surface area contributed by atoms with Gasteiger partial charge in [-0.3, -0.25) is 0 Å². The lowest BCUT2D eigenvalue weighted by molar-refractivity contribution is 0.119. The lowest BCUT2D eigenvalue weighted by Gasteiger charge is -2.41. The van der Waals surface area contributed by atoms with E-state index in [-0.39, 0.29) is 12.5 Å². The third-order valence-electron chi connectivity index (χ3n) is 6.99. The molecule has 9 heteroatoms. The Bertz CT molecular complexity index is 1320. The van der Waals surface area contributed by atoms with E-state index in [4.69, 9.17) is 9.97 Å². The number of hydrogen-bond acceptors (Lipinski definition) is 7. The van der Waals surface area contributed by atoms with E-state index in [1.807, 2.05) is 6.26 Å². The third kappa shape index (κ3) is 4.34. The molecule has 0 spiro atoms. The Kier molecular flexibility index (Phi) is 6.39. The summed E-state index contributed by atoms with van der Waals surface area (Å²) in [5.74, 6) is 0.890. The molecule has 1 saturated heterocycles. The minimum Gasteiger partial charge on any atom is -0.465 e. The van der Waals surface area contributed by atoms with Crippen LogP contribution in [0.5, 0.6) is 0 Å². The van der Waals surface area contributed by atoms with Gasteiger partial charge in [0.25, 0.3) is 0 Å². The van der Waals surface area contributed by atoms with Crippen LogP contribution < -0.4 is 9.80 Å². The van der Waals surface area contributed by atoms with E-state index in [2.05, 4.69) is 59.2 Å². The topological polar surface area (TPSA) is 96.6 Å². The molecule has 2 aromatic carbocycles. The van der Waals surface area contributed by atoms with Crippen molar-refractivity contribution in [2.75, 3.05) is 42.2 Å². The Labute approximate surface area is 209 Å². The number of benzene rings is 2. The second-order valence-electron chi connectivity index (χ2n) is 9.02. The van der Waals surface area contributed by atoms with Gasteiger partial charge in [-0.05, 0) is 36.6 Å². The number of carbonyl (C=O) groups is 1. The lowest BCUT2D eigenvalue weighted by atomic mass is 9.99. The van der Waals surface area contributed by atoms with Crippen LogP contribution >= 0.6 is 11.8 Å². The molecule has 35 heavy (non-hydrogen) atoms. The summed E-state index contributed by atoms with van der Waals surface area (Å²) in [6.45, 7) is 5.08. The number of anilines is 2. The first-order valence-corrected chi connectivity index (χ1v) is 13.0. The molecule has 0 radical (unpaired) electrons. The van der Waals surface area contributed by atoms with Crippen molar-refractivity contribution in [1.82, 2.24) is 14.9 Å². The van der Waals surface area contributed by atoms with E-state index < -0.39 is 6.09 Å². The Morgan fingerprint density at radius 2 is 1.97 bits per heavy atom. The average molecular weight is 489 g/mol. The minimum absolute atomic E-state index is 0.166. The number of aromatic nitrogens is 2. The first-order valence-electron chi connectivity index (χ1n) is 11.8. The average Bonchev–Trinajstić information content (AvgIpc) is 2.87. The van der Waals surface area contributed by atoms with Crippen molar-refractivity contribution >= 4 is 40.1 Å². The van der Waals surface area contributed by atoms with Crippen LogP contribution in [0.15, 0.2) is 41.6 Å². The number of rotatable bonds is 4. The summed E-state index contributed by atoms with van der Waals surface area (Å²) in [6, 6.07) is 14.7. The van der Waals surface area contributed by atoms with Crippen molar-refractivity contribution in [2.24, 2.45) is 0 Å². The summed E-state index contributed by atoms with van der Waals surface area (Å²) in [5, 5.41) is 22.1. The molecule has 2 aliphatic heterocycles. The van der Waals surface area contributed by atoms with Gasteiger partial charge in [-0.1, -0.05) is 42.1 Å². The molecule has 1 N–H and O–H groups in total. The van der Waals surface area contributed by atoms with Crippen molar-refractivity contribution in [1.29, 1.82) is 5.26 Å². The Morgan fingerprint density at radius 3 is 2.71 bits per heavy atom. The van der Waals surface area contributed by atoms with Crippen LogP contribution in [0, 0.1) is 18.3 Å². The number of aryl methyl sites for hydroxylation is 1. The van der Waals surface area contributed by atoms with Gasteiger partial charge in [-0.15, -0.1) is 0 Å². The van der Waals surface area contributed by atoms with Crippen LogP contribution in [0.1, 0.15) is 23.2 Å². The molecule has 0 unspecified atom stereocenters. The molecule has 0 saturated carbocycles. The predicted molar refractivity (Wildman–Crippen MR) is 138 cm³/mol. The van der Waals surface area contributed by atoms with Crippen molar-refractivity contribution < 1.29 is 9.90 Å². The van der Waals surface area contributed by atoms with E-state index >= 15 is 0 Å². The van der Waals surface area contributed by atoms with E-state index in [9.17, 15) is 15.2 Å². The van der Waals surface area contributed by atoms with Gasteiger partial charge in [-0.25, -0.2) is 14.8 Å². The zero-order chi connectivity index (χ0) is 24.5. The maximum absolute atomic E-state index is 11.7. The summed E-state index contributed by atoms with van der Waals surface area (Å²) in [6.07, 6.45) is 1.98.